The van der Waals surface area contributed by atoms with Crippen molar-refractivity contribution in [2.75, 3.05) is 29.9 Å². The van der Waals surface area contributed by atoms with Gasteiger partial charge in [0.05, 0.1) is 5.56 Å². The van der Waals surface area contributed by atoms with Crippen LogP contribution in [-0.4, -0.2) is 35.5 Å². The lowest BCUT2D eigenvalue weighted by Crippen LogP contribution is -2.40. The second-order valence-corrected chi connectivity index (χ2v) is 6.49. The fourth-order valence-electron chi connectivity index (χ4n) is 2.35. The molecule has 1 aliphatic heterocycles. The van der Waals surface area contributed by atoms with Crippen LogP contribution in [0, 0.1) is 11.3 Å². The molecule has 5 nitrogen and oxygen atoms in total. The van der Waals surface area contributed by atoms with Crippen LogP contribution in [0.3, 0.4) is 0 Å². The molecule has 0 radical (unpaired) electrons. The van der Waals surface area contributed by atoms with E-state index in [1.807, 2.05) is 22.7 Å². The van der Waals surface area contributed by atoms with Crippen LogP contribution in [0.1, 0.15) is 5.56 Å². The number of anilines is 1. The van der Waals surface area contributed by atoms with E-state index < -0.39 is 0 Å². The molecule has 24 heavy (non-hydrogen) atoms. The summed E-state index contributed by atoms with van der Waals surface area (Å²) in [7, 11) is 0. The largest absolute Gasteiger partial charge is 0.456 e. The Morgan fingerprint density at radius 3 is 2.54 bits per heavy atom. The number of nitrogens with zero attached hydrogens (tertiary/aromatic N) is 2. The van der Waals surface area contributed by atoms with Gasteiger partial charge in [0.15, 0.2) is 0 Å². The topological polar surface area (TPSA) is 65.4 Å². The zero-order valence-corrected chi connectivity index (χ0v) is 13.9. The monoisotopic (exact) mass is 339 g/mol. The Kier molecular flexibility index (Phi) is 5.24. The number of hydrogen-bond donors (Lipinski definition) is 1. The molecular weight excluding hydrogens is 322 g/mol. The zero-order chi connectivity index (χ0) is 16.8. The molecule has 1 N–H and O–H groups in total. The zero-order valence-electron chi connectivity index (χ0n) is 13.1. The van der Waals surface area contributed by atoms with Gasteiger partial charge < -0.3 is 15.0 Å². The summed E-state index contributed by atoms with van der Waals surface area (Å²) in [5.74, 6) is 3.10. The lowest BCUT2D eigenvalue weighted by molar-refractivity contribution is 0.217. The minimum absolute atomic E-state index is 0.0706. The van der Waals surface area contributed by atoms with Gasteiger partial charge in [0.25, 0.3) is 0 Å². The first kappa shape index (κ1) is 16.2. The fourth-order valence-corrected chi connectivity index (χ4v) is 3.25. The SMILES string of the molecule is N#Cc1ccccc1Oc1ccc(NC(=O)N2CCSCC2)cc1. The number of carbonyl (C=O) groups is 1. The maximum Gasteiger partial charge on any atom is 0.321 e. The minimum atomic E-state index is -0.0706. The van der Waals surface area contributed by atoms with Crippen LogP contribution >= 0.6 is 11.8 Å². The minimum Gasteiger partial charge on any atom is -0.456 e. The maximum absolute atomic E-state index is 12.2. The predicted octanol–water partition coefficient (Wildman–Crippen LogP) is 3.93. The van der Waals surface area contributed by atoms with E-state index in [4.69, 9.17) is 10.00 Å². The van der Waals surface area contributed by atoms with Gasteiger partial charge in [0.2, 0.25) is 0 Å². The van der Waals surface area contributed by atoms with Crippen LogP contribution < -0.4 is 10.1 Å². The number of nitriles is 1. The van der Waals surface area contributed by atoms with Crippen molar-refractivity contribution in [2.24, 2.45) is 0 Å². The van der Waals surface area contributed by atoms with Crippen molar-refractivity contribution in [3.8, 4) is 17.6 Å². The molecule has 0 aromatic heterocycles. The number of ether oxygens (including phenoxy) is 1. The van der Waals surface area contributed by atoms with Gasteiger partial charge in [-0.15, -0.1) is 0 Å². The van der Waals surface area contributed by atoms with Gasteiger partial charge in [-0.3, -0.25) is 0 Å². The van der Waals surface area contributed by atoms with Crippen molar-refractivity contribution >= 4 is 23.5 Å². The highest BCUT2D eigenvalue weighted by Crippen LogP contribution is 2.26. The van der Waals surface area contributed by atoms with Crippen LogP contribution in [0.4, 0.5) is 10.5 Å². The van der Waals surface area contributed by atoms with E-state index in [0.717, 1.165) is 30.3 Å². The molecule has 2 aromatic rings. The lowest BCUT2D eigenvalue weighted by Gasteiger charge is -2.26. The van der Waals surface area contributed by atoms with Gasteiger partial charge in [-0.25, -0.2) is 4.79 Å². The van der Waals surface area contributed by atoms with E-state index in [-0.39, 0.29) is 6.03 Å². The Labute approximate surface area is 145 Å². The van der Waals surface area contributed by atoms with Gasteiger partial charge in [-0.05, 0) is 36.4 Å². The van der Waals surface area contributed by atoms with Crippen molar-refractivity contribution < 1.29 is 9.53 Å². The van der Waals surface area contributed by atoms with Gasteiger partial charge in [-0.1, -0.05) is 12.1 Å². The number of carbonyl (C=O) groups excluding carboxylic acids is 1. The molecule has 0 spiro atoms. The number of hydrogen-bond acceptors (Lipinski definition) is 4. The molecule has 1 fully saturated rings. The van der Waals surface area contributed by atoms with E-state index in [1.54, 1.807) is 42.5 Å². The molecule has 1 saturated heterocycles. The summed E-state index contributed by atoms with van der Waals surface area (Å²) < 4.78 is 5.73. The molecule has 0 aliphatic carbocycles. The van der Waals surface area contributed by atoms with Gasteiger partial charge >= 0.3 is 6.03 Å². The molecule has 2 aromatic carbocycles. The molecule has 1 aliphatic rings. The van der Waals surface area contributed by atoms with Gasteiger partial charge in [-0.2, -0.15) is 17.0 Å². The summed E-state index contributed by atoms with van der Waals surface area (Å²) in [6.07, 6.45) is 0. The average Bonchev–Trinajstić information content (AvgIpc) is 2.64. The highest BCUT2D eigenvalue weighted by atomic mass is 32.2. The number of nitrogens with one attached hydrogen (secondary N) is 1. The summed E-state index contributed by atoms with van der Waals surface area (Å²) in [6.45, 7) is 1.56. The first-order chi connectivity index (χ1) is 11.8. The second kappa shape index (κ2) is 7.75. The number of thioether (sulfide) groups is 1. The number of benzene rings is 2. The smallest absolute Gasteiger partial charge is 0.321 e. The average molecular weight is 339 g/mol. The first-order valence-electron chi connectivity index (χ1n) is 7.67. The maximum atomic E-state index is 12.2. The normalized spacial score (nSPS) is 13.9. The van der Waals surface area contributed by atoms with Crippen molar-refractivity contribution in [2.45, 2.75) is 0 Å². The van der Waals surface area contributed by atoms with E-state index >= 15 is 0 Å². The summed E-state index contributed by atoms with van der Waals surface area (Å²) in [5, 5.41) is 12.0. The summed E-state index contributed by atoms with van der Waals surface area (Å²) >= 11 is 1.87. The van der Waals surface area contributed by atoms with E-state index in [0.29, 0.717) is 17.1 Å². The number of urea groups is 1. The van der Waals surface area contributed by atoms with Crippen LogP contribution in [0.15, 0.2) is 48.5 Å². The number of para-hydroxylation sites is 1. The molecule has 0 saturated carbocycles. The molecular formula is C18H17N3O2S. The lowest BCUT2D eigenvalue weighted by atomic mass is 10.2. The fraction of sp³-hybridized carbons (Fsp3) is 0.222. The molecule has 122 valence electrons. The van der Waals surface area contributed by atoms with Crippen LogP contribution in [-0.2, 0) is 0 Å². The summed E-state index contributed by atoms with van der Waals surface area (Å²) in [6, 6.07) is 16.2. The number of amides is 2. The Morgan fingerprint density at radius 1 is 1.12 bits per heavy atom. The van der Waals surface area contributed by atoms with Crippen molar-refractivity contribution in [3.05, 3.63) is 54.1 Å². The quantitative estimate of drug-likeness (QED) is 0.920. The Balaban J connectivity index is 1.63. The Hall–Kier alpha value is -2.65. The molecule has 2 amide bonds. The second-order valence-electron chi connectivity index (χ2n) is 5.26. The van der Waals surface area contributed by atoms with E-state index in [2.05, 4.69) is 11.4 Å². The first-order valence-corrected chi connectivity index (χ1v) is 8.82. The summed E-state index contributed by atoms with van der Waals surface area (Å²) in [4.78, 5) is 14.0. The predicted molar refractivity (Wildman–Crippen MR) is 95.6 cm³/mol. The highest BCUT2D eigenvalue weighted by molar-refractivity contribution is 7.99. The Bertz CT molecular complexity index is 750. The molecule has 3 rings (SSSR count). The van der Waals surface area contributed by atoms with Crippen LogP contribution in [0.5, 0.6) is 11.5 Å². The van der Waals surface area contributed by atoms with Crippen molar-refractivity contribution in [3.63, 3.8) is 0 Å². The van der Waals surface area contributed by atoms with Crippen molar-refractivity contribution in [1.29, 1.82) is 5.26 Å². The number of rotatable bonds is 3. The standard InChI is InChI=1S/C18H17N3O2S/c19-13-14-3-1-2-4-17(14)23-16-7-5-15(6-8-16)20-18(22)21-9-11-24-12-10-21/h1-8H,9-12H2,(H,20,22). The highest BCUT2D eigenvalue weighted by Gasteiger charge is 2.16. The third kappa shape index (κ3) is 4.00. The summed E-state index contributed by atoms with van der Waals surface area (Å²) in [5.41, 5.74) is 1.21. The van der Waals surface area contributed by atoms with E-state index in [9.17, 15) is 4.79 Å². The molecule has 6 heteroatoms. The third-order valence-corrected chi connectivity index (χ3v) is 4.58. The molecule has 0 unspecified atom stereocenters. The van der Waals surface area contributed by atoms with Gasteiger partial charge in [0, 0.05) is 30.3 Å². The van der Waals surface area contributed by atoms with Gasteiger partial charge in [0.1, 0.15) is 17.6 Å². The Morgan fingerprint density at radius 2 is 1.83 bits per heavy atom. The van der Waals surface area contributed by atoms with E-state index in [1.165, 1.54) is 0 Å². The molecule has 1 heterocycles. The molecule has 0 atom stereocenters. The van der Waals surface area contributed by atoms with Crippen LogP contribution in [0.2, 0.25) is 0 Å². The van der Waals surface area contributed by atoms with Crippen molar-refractivity contribution in [1.82, 2.24) is 4.90 Å². The molecule has 0 bridgehead atoms. The van der Waals surface area contributed by atoms with Crippen LogP contribution in [0.25, 0.3) is 0 Å². The third-order valence-electron chi connectivity index (χ3n) is 3.64.